The number of carbonyl (C=O) groups excluding carboxylic acids is 1. The minimum Gasteiger partial charge on any atom is -0.493 e. The van der Waals surface area contributed by atoms with Gasteiger partial charge in [-0.2, -0.15) is 4.31 Å². The monoisotopic (exact) mass is 478 g/mol. The van der Waals surface area contributed by atoms with E-state index in [0.717, 1.165) is 11.1 Å². The van der Waals surface area contributed by atoms with Crippen molar-refractivity contribution >= 4 is 21.6 Å². The molecule has 0 atom stereocenters. The summed E-state index contributed by atoms with van der Waals surface area (Å²) in [5.41, 5.74) is 2.09. The Morgan fingerprint density at radius 3 is 2.24 bits per heavy atom. The smallest absolute Gasteiger partial charge is 0.243 e. The molecule has 0 spiro atoms. The van der Waals surface area contributed by atoms with Gasteiger partial charge in [0.2, 0.25) is 21.7 Å². The molecule has 9 nitrogen and oxygen atoms in total. The number of anilines is 1. The van der Waals surface area contributed by atoms with Gasteiger partial charge >= 0.3 is 0 Å². The van der Waals surface area contributed by atoms with Gasteiger partial charge in [0.05, 0.1) is 39.4 Å². The molecule has 1 aliphatic rings. The average molecular weight is 479 g/mol. The first-order valence-corrected chi connectivity index (χ1v) is 12.0. The summed E-state index contributed by atoms with van der Waals surface area (Å²) in [6.07, 6.45) is 0.631. The zero-order valence-electron chi connectivity index (χ0n) is 19.3. The van der Waals surface area contributed by atoms with Crippen molar-refractivity contribution in [2.45, 2.75) is 24.7 Å². The number of hydrogen-bond acceptors (Lipinski definition) is 7. The molecule has 33 heavy (non-hydrogen) atoms. The van der Waals surface area contributed by atoms with E-state index >= 15 is 0 Å². The number of carbonyl (C=O) groups is 1. The molecule has 2 aromatic rings. The summed E-state index contributed by atoms with van der Waals surface area (Å²) >= 11 is 0. The third-order valence-corrected chi connectivity index (χ3v) is 7.35. The average Bonchev–Trinajstić information content (AvgIpc) is 2.83. The molecule has 0 saturated carbocycles. The Kier molecular flexibility index (Phi) is 8.17. The second-order valence-electron chi connectivity index (χ2n) is 7.57. The van der Waals surface area contributed by atoms with Crippen molar-refractivity contribution in [3.05, 3.63) is 41.5 Å². The minimum atomic E-state index is -3.65. The highest BCUT2D eigenvalue weighted by molar-refractivity contribution is 7.89. The molecule has 0 aliphatic carbocycles. The first-order chi connectivity index (χ1) is 15.8. The summed E-state index contributed by atoms with van der Waals surface area (Å²) in [6.45, 7) is 3.19. The van der Waals surface area contributed by atoms with E-state index in [1.165, 1.54) is 31.7 Å². The first-order valence-electron chi connectivity index (χ1n) is 10.6. The number of hydrogen-bond donors (Lipinski definition) is 1. The Balaban J connectivity index is 1.71. The largest absolute Gasteiger partial charge is 0.493 e. The fourth-order valence-electron chi connectivity index (χ4n) is 3.58. The van der Waals surface area contributed by atoms with Gasteiger partial charge in [0.1, 0.15) is 0 Å². The van der Waals surface area contributed by atoms with Gasteiger partial charge in [-0.25, -0.2) is 8.42 Å². The number of methoxy groups -OCH3 is 3. The highest BCUT2D eigenvalue weighted by atomic mass is 32.2. The van der Waals surface area contributed by atoms with E-state index < -0.39 is 10.0 Å². The van der Waals surface area contributed by atoms with E-state index in [-0.39, 0.29) is 17.2 Å². The number of rotatable bonds is 9. The molecule has 2 aromatic carbocycles. The molecular formula is C23H30N2O7S. The second-order valence-corrected chi connectivity index (χ2v) is 9.51. The molecule has 0 bridgehead atoms. The zero-order chi connectivity index (χ0) is 24.0. The number of ether oxygens (including phenoxy) is 4. The van der Waals surface area contributed by atoms with Crippen LogP contribution >= 0.6 is 0 Å². The molecule has 10 heteroatoms. The third-order valence-electron chi connectivity index (χ3n) is 5.46. The van der Waals surface area contributed by atoms with Gasteiger partial charge in [0, 0.05) is 25.2 Å². The van der Waals surface area contributed by atoms with Crippen LogP contribution in [0.25, 0.3) is 0 Å². The zero-order valence-corrected chi connectivity index (χ0v) is 20.2. The Morgan fingerprint density at radius 2 is 1.67 bits per heavy atom. The van der Waals surface area contributed by atoms with E-state index in [2.05, 4.69) is 5.32 Å². The van der Waals surface area contributed by atoms with Crippen LogP contribution in [-0.2, 0) is 26.0 Å². The quantitative estimate of drug-likeness (QED) is 0.591. The lowest BCUT2D eigenvalue weighted by Gasteiger charge is -2.26. The molecular weight excluding hydrogens is 448 g/mol. The molecule has 1 saturated heterocycles. The lowest BCUT2D eigenvalue weighted by atomic mass is 10.1. The summed E-state index contributed by atoms with van der Waals surface area (Å²) in [6, 6.07) is 8.37. The molecule has 1 N–H and O–H groups in total. The maximum absolute atomic E-state index is 12.9. The standard InChI is InChI=1S/C23H30N2O7S/c1-16-5-7-18(33(27,28)25-9-11-32-12-10-25)15-19(16)24-22(26)8-6-17-13-20(29-2)23(31-4)21(14-17)30-3/h5,7,13-15H,6,8-12H2,1-4H3,(H,24,26). The van der Waals surface area contributed by atoms with Crippen LogP contribution in [-0.4, -0.2) is 66.3 Å². The van der Waals surface area contributed by atoms with Crippen LogP contribution in [0.15, 0.2) is 35.2 Å². The van der Waals surface area contributed by atoms with Crippen molar-refractivity contribution in [3.63, 3.8) is 0 Å². The SMILES string of the molecule is COc1cc(CCC(=O)Nc2cc(S(=O)(=O)N3CCOCC3)ccc2C)cc(OC)c1OC. The molecule has 1 fully saturated rings. The number of amides is 1. The highest BCUT2D eigenvalue weighted by Crippen LogP contribution is 2.38. The molecule has 0 radical (unpaired) electrons. The Bertz CT molecular complexity index is 1070. The number of morpholine rings is 1. The van der Waals surface area contributed by atoms with E-state index in [1.807, 2.05) is 6.92 Å². The van der Waals surface area contributed by atoms with Crippen molar-refractivity contribution in [2.75, 3.05) is 52.9 Å². The van der Waals surface area contributed by atoms with E-state index in [1.54, 1.807) is 24.3 Å². The topological polar surface area (TPSA) is 103 Å². The summed E-state index contributed by atoms with van der Waals surface area (Å²) in [7, 11) is 0.951. The van der Waals surface area contributed by atoms with Crippen LogP contribution < -0.4 is 19.5 Å². The number of nitrogens with one attached hydrogen (secondary N) is 1. The van der Waals surface area contributed by atoms with Crippen molar-refractivity contribution in [3.8, 4) is 17.2 Å². The number of sulfonamides is 1. The van der Waals surface area contributed by atoms with Crippen LogP contribution in [0.3, 0.4) is 0 Å². The lowest BCUT2D eigenvalue weighted by Crippen LogP contribution is -2.40. The Labute approximate surface area is 194 Å². The second kappa shape index (κ2) is 10.9. The minimum absolute atomic E-state index is 0.148. The summed E-state index contributed by atoms with van der Waals surface area (Å²) in [4.78, 5) is 12.8. The van der Waals surface area contributed by atoms with Crippen LogP contribution in [0.1, 0.15) is 17.5 Å². The Hall–Kier alpha value is -2.82. The Morgan fingerprint density at radius 1 is 1.03 bits per heavy atom. The van der Waals surface area contributed by atoms with Gasteiger partial charge in [-0.3, -0.25) is 4.79 Å². The number of nitrogens with zero attached hydrogens (tertiary/aromatic N) is 1. The van der Waals surface area contributed by atoms with Crippen molar-refractivity contribution < 1.29 is 32.2 Å². The number of aryl methyl sites for hydroxylation is 2. The van der Waals surface area contributed by atoms with Gasteiger partial charge < -0.3 is 24.3 Å². The fourth-order valence-corrected chi connectivity index (χ4v) is 5.02. The molecule has 1 amide bonds. The molecule has 0 aromatic heterocycles. The predicted molar refractivity (Wildman–Crippen MR) is 124 cm³/mol. The molecule has 3 rings (SSSR count). The number of benzene rings is 2. The maximum atomic E-state index is 12.9. The van der Waals surface area contributed by atoms with Gasteiger partial charge in [-0.15, -0.1) is 0 Å². The van der Waals surface area contributed by atoms with E-state index in [9.17, 15) is 13.2 Å². The highest BCUT2D eigenvalue weighted by Gasteiger charge is 2.27. The lowest BCUT2D eigenvalue weighted by molar-refractivity contribution is -0.116. The van der Waals surface area contributed by atoms with E-state index in [4.69, 9.17) is 18.9 Å². The van der Waals surface area contributed by atoms with E-state index in [0.29, 0.717) is 55.7 Å². The van der Waals surface area contributed by atoms with Crippen LogP contribution in [0.2, 0.25) is 0 Å². The van der Waals surface area contributed by atoms with Gasteiger partial charge in [-0.05, 0) is 48.7 Å². The van der Waals surface area contributed by atoms with Crippen LogP contribution in [0, 0.1) is 6.92 Å². The normalized spacial score (nSPS) is 14.5. The third kappa shape index (κ3) is 5.76. The molecule has 0 unspecified atom stereocenters. The fraction of sp³-hybridized carbons (Fsp3) is 0.435. The maximum Gasteiger partial charge on any atom is 0.243 e. The van der Waals surface area contributed by atoms with Crippen molar-refractivity contribution in [1.82, 2.24) is 4.31 Å². The van der Waals surface area contributed by atoms with Gasteiger partial charge in [0.25, 0.3) is 0 Å². The van der Waals surface area contributed by atoms with Crippen LogP contribution in [0.4, 0.5) is 5.69 Å². The summed E-state index contributed by atoms with van der Waals surface area (Å²) < 4.78 is 48.6. The van der Waals surface area contributed by atoms with Gasteiger partial charge in [-0.1, -0.05) is 6.07 Å². The van der Waals surface area contributed by atoms with Gasteiger partial charge in [0.15, 0.2) is 11.5 Å². The first kappa shape index (κ1) is 24.8. The summed E-state index contributed by atoms with van der Waals surface area (Å²) in [5.74, 6) is 1.29. The molecule has 180 valence electrons. The van der Waals surface area contributed by atoms with Crippen molar-refractivity contribution in [2.24, 2.45) is 0 Å². The predicted octanol–water partition coefficient (Wildman–Crippen LogP) is 2.61. The molecule has 1 heterocycles. The molecule has 1 aliphatic heterocycles. The summed E-state index contributed by atoms with van der Waals surface area (Å²) in [5, 5.41) is 2.84. The van der Waals surface area contributed by atoms with Crippen molar-refractivity contribution in [1.29, 1.82) is 0 Å². The van der Waals surface area contributed by atoms with Crippen LogP contribution in [0.5, 0.6) is 17.2 Å².